The van der Waals surface area contributed by atoms with Crippen LogP contribution in [0.15, 0.2) is 0 Å². The van der Waals surface area contributed by atoms with E-state index in [0.29, 0.717) is 6.42 Å². The third-order valence-electron chi connectivity index (χ3n) is 3.96. The summed E-state index contributed by atoms with van der Waals surface area (Å²) < 4.78 is 0. The predicted molar refractivity (Wildman–Crippen MR) is 98.8 cm³/mol. The van der Waals surface area contributed by atoms with Crippen LogP contribution >= 0.6 is 12.6 Å². The second-order valence-corrected chi connectivity index (χ2v) is 7.06. The lowest BCUT2D eigenvalue weighted by atomic mass is 10.0. The molecular weight excluding hydrogens is 360 g/mol. The Bertz CT molecular complexity index is 523. The maximum Gasteiger partial charge on any atom is 0.327 e. The quantitative estimate of drug-likeness (QED) is 0.263. The van der Waals surface area contributed by atoms with E-state index in [2.05, 4.69) is 33.9 Å². The number of nitrogens with one attached hydrogen (secondary N) is 4. The molecule has 0 aliphatic carbocycles. The lowest BCUT2D eigenvalue weighted by Gasteiger charge is -2.22. The zero-order valence-electron chi connectivity index (χ0n) is 15.1. The van der Waals surface area contributed by atoms with Gasteiger partial charge in [0.05, 0.1) is 12.6 Å². The summed E-state index contributed by atoms with van der Waals surface area (Å²) in [5.41, 5.74) is 0. The molecule has 5 N–H and O–H groups in total. The normalized spacial score (nSPS) is 18.8. The number of carboxylic acids is 1. The fourth-order valence-electron chi connectivity index (χ4n) is 2.60. The molecule has 3 atom stereocenters. The van der Waals surface area contributed by atoms with Crippen molar-refractivity contribution in [2.75, 3.05) is 18.8 Å². The lowest BCUT2D eigenvalue weighted by molar-refractivity contribution is -0.141. The van der Waals surface area contributed by atoms with Crippen molar-refractivity contribution < 1.29 is 24.3 Å². The summed E-state index contributed by atoms with van der Waals surface area (Å²) in [5.74, 6) is -2.43. The summed E-state index contributed by atoms with van der Waals surface area (Å²) in [6, 6.07) is -2.17. The predicted octanol–water partition coefficient (Wildman–Crippen LogP) is -1.12. The van der Waals surface area contributed by atoms with Gasteiger partial charge >= 0.3 is 5.97 Å². The molecule has 148 valence electrons. The molecule has 10 heteroatoms. The minimum atomic E-state index is -1.20. The Labute approximate surface area is 158 Å². The van der Waals surface area contributed by atoms with Gasteiger partial charge in [-0.15, -0.1) is 0 Å². The Morgan fingerprint density at radius 1 is 1.19 bits per heavy atom. The molecule has 0 aromatic carbocycles. The summed E-state index contributed by atoms with van der Waals surface area (Å²) >= 11 is 3.85. The Balaban J connectivity index is 2.55. The van der Waals surface area contributed by atoms with Crippen molar-refractivity contribution in [2.45, 2.75) is 51.2 Å². The lowest BCUT2D eigenvalue weighted by Crippen LogP contribution is -2.53. The first-order chi connectivity index (χ1) is 12.2. The Morgan fingerprint density at radius 2 is 1.88 bits per heavy atom. The number of carbonyl (C=O) groups is 4. The van der Waals surface area contributed by atoms with Crippen LogP contribution in [0.4, 0.5) is 0 Å². The van der Waals surface area contributed by atoms with E-state index in [4.69, 9.17) is 5.11 Å². The summed E-state index contributed by atoms with van der Waals surface area (Å²) in [4.78, 5) is 47.3. The van der Waals surface area contributed by atoms with Gasteiger partial charge in [-0.05, 0) is 31.7 Å². The van der Waals surface area contributed by atoms with Gasteiger partial charge in [-0.2, -0.15) is 12.6 Å². The monoisotopic (exact) mass is 388 g/mol. The van der Waals surface area contributed by atoms with Gasteiger partial charge in [0.15, 0.2) is 0 Å². The topological polar surface area (TPSA) is 137 Å². The van der Waals surface area contributed by atoms with Gasteiger partial charge in [0, 0.05) is 5.75 Å². The van der Waals surface area contributed by atoms with Crippen LogP contribution in [0.25, 0.3) is 0 Å². The fraction of sp³-hybridized carbons (Fsp3) is 0.750. The van der Waals surface area contributed by atoms with Crippen LogP contribution in [0.2, 0.25) is 0 Å². The van der Waals surface area contributed by atoms with Gasteiger partial charge in [0.25, 0.3) is 0 Å². The molecule has 0 radical (unpaired) electrons. The molecule has 0 aromatic heterocycles. The maximum absolute atomic E-state index is 12.4. The van der Waals surface area contributed by atoms with E-state index in [9.17, 15) is 19.2 Å². The average Bonchev–Trinajstić information content (AvgIpc) is 3.10. The number of hydrogen-bond donors (Lipinski definition) is 6. The van der Waals surface area contributed by atoms with E-state index >= 15 is 0 Å². The van der Waals surface area contributed by atoms with Crippen molar-refractivity contribution in [3.05, 3.63) is 0 Å². The minimum absolute atomic E-state index is 0.0601. The molecule has 0 saturated carbocycles. The van der Waals surface area contributed by atoms with Gasteiger partial charge < -0.3 is 26.4 Å². The van der Waals surface area contributed by atoms with E-state index in [1.54, 1.807) is 0 Å². The van der Waals surface area contributed by atoms with Crippen LogP contribution in [-0.2, 0) is 19.2 Å². The summed E-state index contributed by atoms with van der Waals surface area (Å²) in [7, 11) is 0. The summed E-state index contributed by atoms with van der Waals surface area (Å²) in [6.45, 7) is 4.26. The van der Waals surface area contributed by atoms with E-state index in [-0.39, 0.29) is 30.2 Å². The first-order valence-corrected chi connectivity index (χ1v) is 9.32. The van der Waals surface area contributed by atoms with Crippen molar-refractivity contribution in [1.82, 2.24) is 21.3 Å². The van der Waals surface area contributed by atoms with Crippen molar-refractivity contribution in [2.24, 2.45) is 5.92 Å². The van der Waals surface area contributed by atoms with Gasteiger partial charge in [-0.3, -0.25) is 14.4 Å². The number of hydrogen-bond acceptors (Lipinski definition) is 6. The van der Waals surface area contributed by atoms with Crippen LogP contribution in [0, 0.1) is 5.92 Å². The zero-order chi connectivity index (χ0) is 19.7. The summed E-state index contributed by atoms with van der Waals surface area (Å²) in [5, 5.41) is 19.4. The number of carbonyl (C=O) groups excluding carboxylic acids is 3. The number of rotatable bonds is 10. The van der Waals surface area contributed by atoms with E-state index < -0.39 is 29.9 Å². The zero-order valence-corrected chi connectivity index (χ0v) is 16.0. The molecule has 0 aromatic rings. The maximum atomic E-state index is 12.4. The second kappa shape index (κ2) is 11.0. The largest absolute Gasteiger partial charge is 0.480 e. The SMILES string of the molecule is CC(C)CC(NC(=O)C1CCCN1)C(=O)NCC(=O)NC(CS)C(=O)O. The Morgan fingerprint density at radius 3 is 2.38 bits per heavy atom. The van der Waals surface area contributed by atoms with Crippen LogP contribution in [-0.4, -0.2) is 65.8 Å². The van der Waals surface area contributed by atoms with E-state index in [1.807, 2.05) is 13.8 Å². The van der Waals surface area contributed by atoms with Crippen molar-refractivity contribution in [3.63, 3.8) is 0 Å². The molecule has 1 aliphatic rings. The first-order valence-electron chi connectivity index (χ1n) is 8.69. The van der Waals surface area contributed by atoms with E-state index in [0.717, 1.165) is 19.4 Å². The van der Waals surface area contributed by atoms with Crippen LogP contribution in [0.5, 0.6) is 0 Å². The molecular formula is C16H28N4O5S. The number of thiol groups is 1. The fourth-order valence-corrected chi connectivity index (χ4v) is 2.85. The number of aliphatic carboxylic acids is 1. The molecule has 1 heterocycles. The molecule has 1 rings (SSSR count). The highest BCUT2D eigenvalue weighted by Crippen LogP contribution is 2.08. The first kappa shape index (κ1) is 22.2. The minimum Gasteiger partial charge on any atom is -0.480 e. The van der Waals surface area contributed by atoms with Crippen LogP contribution in [0.3, 0.4) is 0 Å². The highest BCUT2D eigenvalue weighted by Gasteiger charge is 2.28. The van der Waals surface area contributed by atoms with Gasteiger partial charge in [0.1, 0.15) is 12.1 Å². The Hall–Kier alpha value is -1.81. The van der Waals surface area contributed by atoms with Crippen molar-refractivity contribution in [3.8, 4) is 0 Å². The molecule has 0 spiro atoms. The molecule has 1 aliphatic heterocycles. The van der Waals surface area contributed by atoms with Gasteiger partial charge in [-0.1, -0.05) is 13.8 Å². The molecule has 9 nitrogen and oxygen atoms in total. The second-order valence-electron chi connectivity index (χ2n) is 6.70. The Kier molecular flexibility index (Phi) is 9.42. The standard InChI is InChI=1S/C16H28N4O5S/c1-9(2)6-11(20-15(23)10-4-3-5-17-10)14(22)18-7-13(21)19-12(8-26)16(24)25/h9-12,17,26H,3-8H2,1-2H3,(H,18,22)(H,19,21)(H,20,23)(H,24,25). The highest BCUT2D eigenvalue weighted by molar-refractivity contribution is 7.80. The third-order valence-corrected chi connectivity index (χ3v) is 4.32. The number of amides is 3. The molecule has 0 bridgehead atoms. The van der Waals surface area contributed by atoms with Crippen molar-refractivity contribution in [1.29, 1.82) is 0 Å². The summed E-state index contributed by atoms with van der Waals surface area (Å²) in [6.07, 6.45) is 2.07. The van der Waals surface area contributed by atoms with Crippen LogP contribution < -0.4 is 21.3 Å². The van der Waals surface area contributed by atoms with Gasteiger partial charge in [0.2, 0.25) is 17.7 Å². The molecule has 1 saturated heterocycles. The molecule has 26 heavy (non-hydrogen) atoms. The van der Waals surface area contributed by atoms with Gasteiger partial charge in [-0.25, -0.2) is 4.79 Å². The number of carboxylic acid groups (broad SMARTS) is 1. The molecule has 3 unspecified atom stereocenters. The molecule has 1 fully saturated rings. The average molecular weight is 388 g/mol. The smallest absolute Gasteiger partial charge is 0.327 e. The third kappa shape index (κ3) is 7.61. The molecule has 3 amide bonds. The van der Waals surface area contributed by atoms with Crippen molar-refractivity contribution >= 4 is 36.3 Å². The van der Waals surface area contributed by atoms with Crippen LogP contribution in [0.1, 0.15) is 33.1 Å². The van der Waals surface area contributed by atoms with E-state index in [1.165, 1.54) is 0 Å². The highest BCUT2D eigenvalue weighted by atomic mass is 32.1.